The predicted octanol–water partition coefficient (Wildman–Crippen LogP) is 2.39. The summed E-state index contributed by atoms with van der Waals surface area (Å²) in [4.78, 5) is 15.7. The molecule has 2 aromatic rings. The number of hydrogen-bond acceptors (Lipinski definition) is 5. The van der Waals surface area contributed by atoms with Gasteiger partial charge < -0.3 is 15.2 Å². The molecule has 0 heterocycles. The minimum Gasteiger partial charge on any atom is -0.507 e. The minimum atomic E-state index is -0.334. The molecule has 5 nitrogen and oxygen atoms in total. The second-order valence-corrected chi connectivity index (χ2v) is 4.96. The number of benzene rings is 2. The molecule has 0 spiro atoms. The highest BCUT2D eigenvalue weighted by Gasteiger charge is 2.04. The molecule has 2 aromatic carbocycles. The topological polar surface area (TPSA) is 70.9 Å². The van der Waals surface area contributed by atoms with Gasteiger partial charge in [-0.25, -0.2) is 4.79 Å². The maximum Gasteiger partial charge on any atom is 0.337 e. The highest BCUT2D eigenvalue weighted by atomic mass is 16.5. The van der Waals surface area contributed by atoms with Crippen molar-refractivity contribution in [3.63, 3.8) is 0 Å². The monoisotopic (exact) mass is 312 g/mol. The average Bonchev–Trinajstić information content (AvgIpc) is 2.59. The summed E-state index contributed by atoms with van der Waals surface area (Å²) >= 11 is 0. The lowest BCUT2D eigenvalue weighted by Gasteiger charge is -2.05. The summed E-state index contributed by atoms with van der Waals surface area (Å²) in [6, 6.07) is 14.4. The first kappa shape index (κ1) is 16.7. The smallest absolute Gasteiger partial charge is 0.337 e. The number of carbonyl (C=O) groups excluding carboxylic acids is 1. The molecule has 0 saturated carbocycles. The molecule has 0 bridgehead atoms. The van der Waals surface area contributed by atoms with E-state index < -0.39 is 0 Å². The molecule has 0 radical (unpaired) electrons. The number of aliphatic imine (C=N–C) groups is 1. The van der Waals surface area contributed by atoms with Gasteiger partial charge in [0.15, 0.2) is 0 Å². The van der Waals surface area contributed by atoms with Crippen LogP contribution in [0.3, 0.4) is 0 Å². The van der Waals surface area contributed by atoms with Gasteiger partial charge in [0.25, 0.3) is 0 Å². The average molecular weight is 312 g/mol. The molecule has 0 aromatic heterocycles. The fourth-order valence-electron chi connectivity index (χ4n) is 2.06. The Bertz CT molecular complexity index is 683. The van der Waals surface area contributed by atoms with Crippen molar-refractivity contribution < 1.29 is 14.6 Å². The fourth-order valence-corrected chi connectivity index (χ4v) is 2.06. The molecule has 0 saturated heterocycles. The number of methoxy groups -OCH3 is 1. The quantitative estimate of drug-likeness (QED) is 0.468. The second-order valence-electron chi connectivity index (χ2n) is 4.96. The molecular weight excluding hydrogens is 292 g/mol. The van der Waals surface area contributed by atoms with Crippen LogP contribution in [0.1, 0.15) is 21.5 Å². The number of hydrogen-bond donors (Lipinski definition) is 2. The van der Waals surface area contributed by atoms with Gasteiger partial charge in [-0.05, 0) is 29.8 Å². The molecule has 0 fully saturated rings. The van der Waals surface area contributed by atoms with E-state index in [-0.39, 0.29) is 11.7 Å². The Hall–Kier alpha value is -2.66. The highest BCUT2D eigenvalue weighted by Crippen LogP contribution is 2.12. The fraction of sp³-hybridized carbons (Fsp3) is 0.222. The van der Waals surface area contributed by atoms with Crippen LogP contribution < -0.4 is 5.32 Å². The van der Waals surface area contributed by atoms with E-state index in [2.05, 4.69) is 10.3 Å². The zero-order valence-electron chi connectivity index (χ0n) is 13.0. The van der Waals surface area contributed by atoms with Crippen LogP contribution >= 0.6 is 0 Å². The third-order valence-electron chi connectivity index (χ3n) is 3.26. The first-order chi connectivity index (χ1) is 11.2. The van der Waals surface area contributed by atoms with Gasteiger partial charge in [-0.1, -0.05) is 24.3 Å². The first-order valence-electron chi connectivity index (χ1n) is 7.36. The van der Waals surface area contributed by atoms with Gasteiger partial charge in [0.1, 0.15) is 5.75 Å². The molecule has 0 aliphatic rings. The van der Waals surface area contributed by atoms with Gasteiger partial charge in [0, 0.05) is 24.9 Å². The molecule has 23 heavy (non-hydrogen) atoms. The van der Waals surface area contributed by atoms with Crippen LogP contribution in [0.15, 0.2) is 53.5 Å². The lowest BCUT2D eigenvalue weighted by molar-refractivity contribution is 0.0600. The number of ether oxygens (including phenoxy) is 1. The molecule has 0 aliphatic carbocycles. The Morgan fingerprint density at radius 3 is 2.87 bits per heavy atom. The molecule has 0 amide bonds. The van der Waals surface area contributed by atoms with Crippen molar-refractivity contribution >= 4 is 12.2 Å². The van der Waals surface area contributed by atoms with Gasteiger partial charge in [-0.3, -0.25) is 4.99 Å². The van der Waals surface area contributed by atoms with Gasteiger partial charge in [-0.2, -0.15) is 0 Å². The summed E-state index contributed by atoms with van der Waals surface area (Å²) in [5.74, 6) is -0.108. The van der Waals surface area contributed by atoms with Crippen LogP contribution in [0, 0.1) is 0 Å². The first-order valence-corrected chi connectivity index (χ1v) is 7.36. The number of para-hydroxylation sites is 1. The van der Waals surface area contributed by atoms with E-state index in [1.807, 2.05) is 30.3 Å². The normalized spacial score (nSPS) is 10.8. The second kappa shape index (κ2) is 8.70. The number of carbonyl (C=O) groups is 1. The maximum absolute atomic E-state index is 11.5. The summed E-state index contributed by atoms with van der Waals surface area (Å²) < 4.78 is 4.70. The summed E-state index contributed by atoms with van der Waals surface area (Å²) in [5.41, 5.74) is 2.26. The summed E-state index contributed by atoms with van der Waals surface area (Å²) in [7, 11) is 1.37. The minimum absolute atomic E-state index is 0.226. The van der Waals surface area contributed by atoms with Crippen molar-refractivity contribution in [2.75, 3.05) is 20.2 Å². The Morgan fingerprint density at radius 1 is 1.26 bits per heavy atom. The predicted molar refractivity (Wildman–Crippen MR) is 90.1 cm³/mol. The van der Waals surface area contributed by atoms with Crippen LogP contribution in [-0.2, 0) is 11.3 Å². The number of esters is 1. The van der Waals surface area contributed by atoms with Crippen LogP contribution in [0.2, 0.25) is 0 Å². The molecule has 5 heteroatoms. The van der Waals surface area contributed by atoms with E-state index >= 15 is 0 Å². The summed E-state index contributed by atoms with van der Waals surface area (Å²) in [6.45, 7) is 1.95. The number of nitrogens with one attached hydrogen (secondary N) is 1. The SMILES string of the molecule is COC(=O)c1cccc(CNCCN=Cc2ccccc2O)c1. The Kier molecular flexibility index (Phi) is 6.32. The van der Waals surface area contributed by atoms with Crippen molar-refractivity contribution in [2.24, 2.45) is 4.99 Å². The standard InChI is InChI=1S/C18H20N2O3/c1-23-18(22)15-7-4-5-14(11-15)12-19-9-10-20-13-16-6-2-3-8-17(16)21/h2-8,11,13,19,21H,9-10,12H2,1H3. The Morgan fingerprint density at radius 2 is 2.09 bits per heavy atom. The van der Waals surface area contributed by atoms with Crippen molar-refractivity contribution in [1.82, 2.24) is 5.32 Å². The summed E-state index contributed by atoms with van der Waals surface area (Å²) in [6.07, 6.45) is 1.66. The molecule has 0 atom stereocenters. The number of phenolic OH excluding ortho intramolecular Hbond substituents is 1. The third kappa shape index (κ3) is 5.23. The van der Waals surface area contributed by atoms with E-state index in [0.29, 0.717) is 30.8 Å². The molecule has 120 valence electrons. The van der Waals surface area contributed by atoms with Crippen LogP contribution in [0.4, 0.5) is 0 Å². The van der Waals surface area contributed by atoms with Crippen molar-refractivity contribution in [2.45, 2.75) is 6.54 Å². The van der Waals surface area contributed by atoms with E-state index in [4.69, 9.17) is 4.74 Å². The van der Waals surface area contributed by atoms with E-state index in [9.17, 15) is 9.90 Å². The van der Waals surface area contributed by atoms with E-state index in [1.165, 1.54) is 7.11 Å². The molecular formula is C18H20N2O3. The third-order valence-corrected chi connectivity index (χ3v) is 3.26. The zero-order valence-corrected chi connectivity index (χ0v) is 13.0. The van der Waals surface area contributed by atoms with Gasteiger partial charge >= 0.3 is 5.97 Å². The Balaban J connectivity index is 1.75. The van der Waals surface area contributed by atoms with Gasteiger partial charge in [0.05, 0.1) is 19.2 Å². The van der Waals surface area contributed by atoms with Crippen molar-refractivity contribution in [3.8, 4) is 5.75 Å². The molecule has 2 N–H and O–H groups in total. The highest BCUT2D eigenvalue weighted by molar-refractivity contribution is 5.89. The van der Waals surface area contributed by atoms with Crippen LogP contribution in [0.5, 0.6) is 5.75 Å². The number of phenols is 1. The van der Waals surface area contributed by atoms with E-state index in [1.54, 1.807) is 24.4 Å². The van der Waals surface area contributed by atoms with Gasteiger partial charge in [0.2, 0.25) is 0 Å². The van der Waals surface area contributed by atoms with E-state index in [0.717, 1.165) is 5.56 Å². The van der Waals surface area contributed by atoms with Gasteiger partial charge in [-0.15, -0.1) is 0 Å². The largest absolute Gasteiger partial charge is 0.507 e. The molecule has 0 unspecified atom stereocenters. The van der Waals surface area contributed by atoms with Crippen LogP contribution in [0.25, 0.3) is 0 Å². The lowest BCUT2D eigenvalue weighted by atomic mass is 10.1. The zero-order chi connectivity index (χ0) is 16.5. The molecule has 0 aliphatic heterocycles. The van der Waals surface area contributed by atoms with Crippen molar-refractivity contribution in [3.05, 3.63) is 65.2 Å². The summed E-state index contributed by atoms with van der Waals surface area (Å²) in [5, 5.41) is 12.9. The number of rotatable bonds is 7. The maximum atomic E-state index is 11.5. The molecule has 2 rings (SSSR count). The Labute approximate surface area is 135 Å². The lowest BCUT2D eigenvalue weighted by Crippen LogP contribution is -2.17. The number of aromatic hydroxyl groups is 1. The van der Waals surface area contributed by atoms with Crippen LogP contribution in [-0.4, -0.2) is 37.5 Å². The van der Waals surface area contributed by atoms with Crippen molar-refractivity contribution in [1.29, 1.82) is 0 Å². The number of nitrogens with zero attached hydrogens (tertiary/aromatic N) is 1.